The number of carbonyl (C=O) groups excluding carboxylic acids is 2. The number of hydrogen-bond acceptors (Lipinski definition) is 6. The topological polar surface area (TPSA) is 73.3 Å². The summed E-state index contributed by atoms with van der Waals surface area (Å²) in [6, 6.07) is 11.2. The fourth-order valence-electron chi connectivity index (χ4n) is 4.60. The standard InChI is InChI=1S/C27H33N3O4/c1-4-27(3,5-2)34-19-21(31)18-29-14-12-28(13-15-29)16-17-30-25(32)22-10-6-8-20-9-7-11-23(24(20)22)26(30)33/h1,6-11,21,31H,5,12-19H2,2-3H3/t21-,27-/m0/s1. The van der Waals surface area contributed by atoms with Crippen LogP contribution in [0.5, 0.6) is 0 Å². The first-order valence-electron chi connectivity index (χ1n) is 12.0. The average Bonchev–Trinajstić information content (AvgIpc) is 2.86. The zero-order valence-electron chi connectivity index (χ0n) is 20.0. The molecule has 0 radical (unpaired) electrons. The van der Waals surface area contributed by atoms with Gasteiger partial charge in [-0.2, -0.15) is 0 Å². The van der Waals surface area contributed by atoms with Gasteiger partial charge >= 0.3 is 0 Å². The summed E-state index contributed by atoms with van der Waals surface area (Å²) in [6.45, 7) is 8.80. The molecule has 2 aromatic rings. The number of hydrogen-bond donors (Lipinski definition) is 1. The summed E-state index contributed by atoms with van der Waals surface area (Å²) >= 11 is 0. The predicted octanol–water partition coefficient (Wildman–Crippen LogP) is 2.23. The summed E-state index contributed by atoms with van der Waals surface area (Å²) in [5.74, 6) is 2.21. The van der Waals surface area contributed by atoms with Crippen LogP contribution in [0.15, 0.2) is 36.4 Å². The Morgan fingerprint density at radius 3 is 2.18 bits per heavy atom. The quantitative estimate of drug-likeness (QED) is 0.454. The van der Waals surface area contributed by atoms with Gasteiger partial charge in [0.15, 0.2) is 0 Å². The summed E-state index contributed by atoms with van der Waals surface area (Å²) in [5.41, 5.74) is 0.546. The number of rotatable bonds is 9. The van der Waals surface area contributed by atoms with Gasteiger partial charge in [0.1, 0.15) is 5.60 Å². The van der Waals surface area contributed by atoms with Crippen molar-refractivity contribution in [1.29, 1.82) is 0 Å². The number of β-amino-alcohol motifs (C(OH)–C–C–N with tert-alkyl or cyclic N) is 1. The number of amides is 2. The molecular weight excluding hydrogens is 430 g/mol. The van der Waals surface area contributed by atoms with E-state index in [2.05, 4.69) is 15.7 Å². The van der Waals surface area contributed by atoms with Crippen molar-refractivity contribution in [3.63, 3.8) is 0 Å². The van der Waals surface area contributed by atoms with Crippen LogP contribution in [0.25, 0.3) is 10.8 Å². The Hall–Kier alpha value is -2.76. The third-order valence-corrected chi connectivity index (χ3v) is 7.00. The summed E-state index contributed by atoms with van der Waals surface area (Å²) in [5, 5.41) is 12.0. The number of imide groups is 1. The molecule has 34 heavy (non-hydrogen) atoms. The Bertz CT molecular complexity index is 1050. The van der Waals surface area contributed by atoms with Gasteiger partial charge in [-0.15, -0.1) is 6.42 Å². The average molecular weight is 464 g/mol. The summed E-state index contributed by atoms with van der Waals surface area (Å²) in [6.07, 6.45) is 5.62. The number of benzene rings is 2. The number of nitrogens with zero attached hydrogens (tertiary/aromatic N) is 3. The van der Waals surface area contributed by atoms with Crippen molar-refractivity contribution < 1.29 is 19.4 Å². The lowest BCUT2D eigenvalue weighted by Crippen LogP contribution is -2.52. The van der Waals surface area contributed by atoms with Gasteiger partial charge in [0, 0.05) is 62.3 Å². The third-order valence-electron chi connectivity index (χ3n) is 7.00. The SMILES string of the molecule is C#C[C@@](C)(CC)OC[C@@H](O)CN1CCN(CCN2C(=O)c3cccc4cccc(c34)C2=O)CC1. The van der Waals surface area contributed by atoms with E-state index in [-0.39, 0.29) is 18.4 Å². The highest BCUT2D eigenvalue weighted by Crippen LogP contribution is 2.29. The summed E-state index contributed by atoms with van der Waals surface area (Å²) in [7, 11) is 0. The summed E-state index contributed by atoms with van der Waals surface area (Å²) in [4.78, 5) is 32.0. The maximum absolute atomic E-state index is 13.1. The molecule has 1 fully saturated rings. The van der Waals surface area contributed by atoms with Gasteiger partial charge in [0.25, 0.3) is 11.8 Å². The minimum atomic E-state index is -0.644. The third kappa shape index (κ3) is 5.01. The van der Waals surface area contributed by atoms with Gasteiger partial charge in [-0.1, -0.05) is 37.1 Å². The highest BCUT2D eigenvalue weighted by Gasteiger charge is 2.33. The number of aliphatic hydroxyl groups is 1. The smallest absolute Gasteiger partial charge is 0.261 e. The van der Waals surface area contributed by atoms with Crippen molar-refractivity contribution in [3.8, 4) is 12.3 Å². The van der Waals surface area contributed by atoms with E-state index < -0.39 is 11.7 Å². The number of carbonyl (C=O) groups is 2. The van der Waals surface area contributed by atoms with E-state index in [0.717, 1.165) is 37.0 Å². The van der Waals surface area contributed by atoms with Crippen molar-refractivity contribution >= 4 is 22.6 Å². The zero-order valence-corrected chi connectivity index (χ0v) is 20.0. The molecule has 7 nitrogen and oxygen atoms in total. The Morgan fingerprint density at radius 2 is 1.62 bits per heavy atom. The fraction of sp³-hybridized carbons (Fsp3) is 0.481. The largest absolute Gasteiger partial charge is 0.389 e. The van der Waals surface area contributed by atoms with Crippen molar-refractivity contribution in [3.05, 3.63) is 47.5 Å². The molecule has 1 saturated heterocycles. The van der Waals surface area contributed by atoms with E-state index in [4.69, 9.17) is 11.2 Å². The molecule has 2 heterocycles. The number of aliphatic hydroxyl groups excluding tert-OH is 1. The number of ether oxygens (including phenoxy) is 1. The molecule has 180 valence electrons. The van der Waals surface area contributed by atoms with Gasteiger partial charge in [-0.05, 0) is 30.9 Å². The Kier molecular flexibility index (Phi) is 7.34. The fourth-order valence-corrected chi connectivity index (χ4v) is 4.60. The molecule has 0 aromatic heterocycles. The first-order chi connectivity index (χ1) is 16.3. The van der Waals surface area contributed by atoms with Crippen molar-refractivity contribution in [2.75, 3.05) is 52.4 Å². The van der Waals surface area contributed by atoms with E-state index in [1.165, 1.54) is 4.90 Å². The zero-order chi connectivity index (χ0) is 24.3. The van der Waals surface area contributed by atoms with Gasteiger partial charge in [-0.3, -0.25) is 24.3 Å². The molecule has 1 N–H and O–H groups in total. The van der Waals surface area contributed by atoms with E-state index in [1.807, 2.05) is 38.1 Å². The Balaban J connectivity index is 1.27. The van der Waals surface area contributed by atoms with E-state index in [9.17, 15) is 14.7 Å². The van der Waals surface area contributed by atoms with Crippen molar-refractivity contribution in [2.24, 2.45) is 0 Å². The minimum Gasteiger partial charge on any atom is -0.389 e. The molecule has 4 rings (SSSR count). The predicted molar refractivity (Wildman–Crippen MR) is 132 cm³/mol. The number of terminal acetylenes is 1. The second-order valence-corrected chi connectivity index (χ2v) is 9.31. The molecule has 2 aromatic carbocycles. The Labute approximate surface area is 201 Å². The lowest BCUT2D eigenvalue weighted by atomic mass is 9.94. The van der Waals surface area contributed by atoms with Crippen LogP contribution in [0.1, 0.15) is 41.0 Å². The molecule has 0 bridgehead atoms. The highest BCUT2D eigenvalue weighted by atomic mass is 16.5. The molecule has 0 spiro atoms. The molecule has 2 aliphatic heterocycles. The molecule has 0 unspecified atom stereocenters. The van der Waals surface area contributed by atoms with E-state index in [1.54, 1.807) is 12.1 Å². The molecule has 2 atom stereocenters. The monoisotopic (exact) mass is 463 g/mol. The first-order valence-corrected chi connectivity index (χ1v) is 12.0. The summed E-state index contributed by atoms with van der Waals surface area (Å²) < 4.78 is 5.73. The highest BCUT2D eigenvalue weighted by molar-refractivity contribution is 6.25. The second kappa shape index (κ2) is 10.2. The van der Waals surface area contributed by atoms with E-state index >= 15 is 0 Å². The number of piperazine rings is 1. The van der Waals surface area contributed by atoms with Gasteiger partial charge in [0.2, 0.25) is 0 Å². The van der Waals surface area contributed by atoms with Crippen LogP contribution in [0.2, 0.25) is 0 Å². The maximum Gasteiger partial charge on any atom is 0.261 e. The lowest BCUT2D eigenvalue weighted by Gasteiger charge is -2.37. The van der Waals surface area contributed by atoms with Crippen LogP contribution in [0.4, 0.5) is 0 Å². The maximum atomic E-state index is 13.1. The first kappa shape index (κ1) is 24.4. The molecule has 0 aliphatic carbocycles. The Morgan fingerprint density at radius 1 is 1.03 bits per heavy atom. The lowest BCUT2D eigenvalue weighted by molar-refractivity contribution is -0.0500. The molecule has 2 aliphatic rings. The van der Waals surface area contributed by atoms with Crippen LogP contribution in [0, 0.1) is 12.3 Å². The van der Waals surface area contributed by atoms with Crippen molar-refractivity contribution in [2.45, 2.75) is 32.0 Å². The molecule has 7 heteroatoms. The van der Waals surface area contributed by atoms with Gasteiger partial charge in [0.05, 0.1) is 12.7 Å². The van der Waals surface area contributed by atoms with Crippen LogP contribution < -0.4 is 0 Å². The normalized spacial score (nSPS) is 19.8. The van der Waals surface area contributed by atoms with Gasteiger partial charge in [-0.25, -0.2) is 0 Å². The van der Waals surface area contributed by atoms with Crippen LogP contribution in [0.3, 0.4) is 0 Å². The van der Waals surface area contributed by atoms with Crippen LogP contribution >= 0.6 is 0 Å². The van der Waals surface area contributed by atoms with Gasteiger partial charge < -0.3 is 9.84 Å². The van der Waals surface area contributed by atoms with E-state index in [0.29, 0.717) is 37.2 Å². The van der Waals surface area contributed by atoms with Crippen molar-refractivity contribution in [1.82, 2.24) is 14.7 Å². The van der Waals surface area contributed by atoms with Crippen LogP contribution in [-0.4, -0.2) is 95.7 Å². The second-order valence-electron chi connectivity index (χ2n) is 9.31. The molecule has 0 saturated carbocycles. The molecule has 2 amide bonds. The molecular formula is C27H33N3O4. The van der Waals surface area contributed by atoms with Crippen LogP contribution in [-0.2, 0) is 4.74 Å². The minimum absolute atomic E-state index is 0.210.